The van der Waals surface area contributed by atoms with Crippen LogP contribution < -0.4 is 5.32 Å². The second-order valence-corrected chi connectivity index (χ2v) is 6.42. The zero-order valence-corrected chi connectivity index (χ0v) is 14.2. The fourth-order valence-electron chi connectivity index (χ4n) is 2.20. The second kappa shape index (κ2) is 7.24. The van der Waals surface area contributed by atoms with Crippen LogP contribution >= 0.6 is 23.2 Å². The van der Waals surface area contributed by atoms with Gasteiger partial charge >= 0.3 is 5.97 Å². The molecule has 1 atom stereocenters. The van der Waals surface area contributed by atoms with Gasteiger partial charge in [-0.3, -0.25) is 4.79 Å². The minimum atomic E-state index is -1.01. The number of esters is 1. The quantitative estimate of drug-likeness (QED) is 0.811. The Balaban J connectivity index is 1.81. The van der Waals surface area contributed by atoms with Gasteiger partial charge in [-0.15, -0.1) is 0 Å². The van der Waals surface area contributed by atoms with Gasteiger partial charge in [0.15, 0.2) is 0 Å². The summed E-state index contributed by atoms with van der Waals surface area (Å²) in [5.74, 6) is -0.953. The molecule has 0 bridgehead atoms. The smallest absolute Gasteiger partial charge is 0.339 e. The van der Waals surface area contributed by atoms with Crippen molar-refractivity contribution >= 4 is 35.1 Å². The SMILES string of the molecule is O=C(OC(C(=O)NC1CC1)c1ccccc1)c1ccc(Cl)c(Cl)c1. The average Bonchev–Trinajstić information content (AvgIpc) is 3.39. The van der Waals surface area contributed by atoms with E-state index in [1.807, 2.05) is 6.07 Å². The topological polar surface area (TPSA) is 55.4 Å². The maximum atomic E-state index is 12.4. The first-order valence-electron chi connectivity index (χ1n) is 7.56. The maximum Gasteiger partial charge on any atom is 0.339 e. The number of hydrogen-bond donors (Lipinski definition) is 1. The monoisotopic (exact) mass is 363 g/mol. The van der Waals surface area contributed by atoms with Crippen molar-refractivity contribution in [1.29, 1.82) is 0 Å². The van der Waals surface area contributed by atoms with Crippen molar-refractivity contribution in [3.05, 3.63) is 69.7 Å². The number of carbonyl (C=O) groups is 2. The lowest BCUT2D eigenvalue weighted by molar-refractivity contribution is -0.130. The Morgan fingerprint density at radius 1 is 1.04 bits per heavy atom. The van der Waals surface area contributed by atoms with Crippen molar-refractivity contribution in [2.75, 3.05) is 0 Å². The molecule has 6 heteroatoms. The summed E-state index contributed by atoms with van der Waals surface area (Å²) < 4.78 is 5.46. The van der Waals surface area contributed by atoms with E-state index < -0.39 is 12.1 Å². The van der Waals surface area contributed by atoms with E-state index in [1.165, 1.54) is 18.2 Å². The molecule has 0 aromatic heterocycles. The molecule has 1 unspecified atom stereocenters. The number of ether oxygens (including phenoxy) is 1. The molecule has 0 aliphatic heterocycles. The molecule has 0 saturated heterocycles. The third-order valence-corrected chi connectivity index (χ3v) is 4.38. The zero-order valence-electron chi connectivity index (χ0n) is 12.7. The number of halogens is 2. The fourth-order valence-corrected chi connectivity index (χ4v) is 2.50. The molecule has 1 saturated carbocycles. The van der Waals surface area contributed by atoms with Crippen LogP contribution in [0.4, 0.5) is 0 Å². The van der Waals surface area contributed by atoms with Crippen molar-refractivity contribution in [2.45, 2.75) is 25.0 Å². The van der Waals surface area contributed by atoms with E-state index in [2.05, 4.69) is 5.32 Å². The standard InChI is InChI=1S/C18H15Cl2NO3/c19-14-9-6-12(10-15(14)20)18(23)24-16(11-4-2-1-3-5-11)17(22)21-13-7-8-13/h1-6,9-10,13,16H,7-8H2,(H,21,22). The molecule has 3 rings (SSSR count). The van der Waals surface area contributed by atoms with Crippen LogP contribution in [-0.4, -0.2) is 17.9 Å². The molecule has 0 heterocycles. The second-order valence-electron chi connectivity index (χ2n) is 5.61. The van der Waals surface area contributed by atoms with Crippen LogP contribution in [0, 0.1) is 0 Å². The lowest BCUT2D eigenvalue weighted by atomic mass is 10.1. The summed E-state index contributed by atoms with van der Waals surface area (Å²) in [7, 11) is 0. The van der Waals surface area contributed by atoms with Crippen LogP contribution in [0.3, 0.4) is 0 Å². The van der Waals surface area contributed by atoms with Crippen LogP contribution in [0.5, 0.6) is 0 Å². The van der Waals surface area contributed by atoms with E-state index in [4.69, 9.17) is 27.9 Å². The van der Waals surface area contributed by atoms with E-state index in [0.717, 1.165) is 12.8 Å². The van der Waals surface area contributed by atoms with Crippen molar-refractivity contribution in [3.8, 4) is 0 Å². The molecule has 1 N–H and O–H groups in total. The number of amides is 1. The van der Waals surface area contributed by atoms with Gasteiger partial charge < -0.3 is 10.1 Å². The van der Waals surface area contributed by atoms with E-state index >= 15 is 0 Å². The predicted octanol–water partition coefficient (Wildman–Crippen LogP) is 4.17. The number of carbonyl (C=O) groups excluding carboxylic acids is 2. The minimum Gasteiger partial charge on any atom is -0.444 e. The Morgan fingerprint density at radius 2 is 1.75 bits per heavy atom. The molecule has 4 nitrogen and oxygen atoms in total. The van der Waals surface area contributed by atoms with Crippen LogP contribution in [0.2, 0.25) is 10.0 Å². The summed E-state index contributed by atoms with van der Waals surface area (Å²) in [5, 5.41) is 3.47. The van der Waals surface area contributed by atoms with E-state index in [1.54, 1.807) is 24.3 Å². The van der Waals surface area contributed by atoms with E-state index in [0.29, 0.717) is 10.6 Å². The van der Waals surface area contributed by atoms with Gasteiger partial charge in [-0.25, -0.2) is 4.79 Å². The summed E-state index contributed by atoms with van der Waals surface area (Å²) in [5.41, 5.74) is 0.855. The molecule has 0 spiro atoms. The first-order valence-corrected chi connectivity index (χ1v) is 8.31. The van der Waals surface area contributed by atoms with Crippen molar-refractivity contribution < 1.29 is 14.3 Å². The molecule has 2 aromatic carbocycles. The summed E-state index contributed by atoms with van der Waals surface area (Å²) >= 11 is 11.8. The molecule has 0 radical (unpaired) electrons. The van der Waals surface area contributed by atoms with Crippen LogP contribution in [0.1, 0.15) is 34.9 Å². The predicted molar refractivity (Wildman–Crippen MR) is 92.2 cm³/mol. The zero-order chi connectivity index (χ0) is 17.1. The van der Waals surface area contributed by atoms with Gasteiger partial charge in [0, 0.05) is 11.6 Å². The Labute approximate surface area is 149 Å². The van der Waals surface area contributed by atoms with Gasteiger partial charge in [0.25, 0.3) is 5.91 Å². The van der Waals surface area contributed by atoms with E-state index in [9.17, 15) is 9.59 Å². The summed E-state index contributed by atoms with van der Waals surface area (Å²) in [4.78, 5) is 24.8. The van der Waals surface area contributed by atoms with Gasteiger partial charge in [-0.1, -0.05) is 53.5 Å². The number of rotatable bonds is 5. The van der Waals surface area contributed by atoms with Gasteiger partial charge in [-0.2, -0.15) is 0 Å². The summed E-state index contributed by atoms with van der Waals surface area (Å²) in [6.45, 7) is 0. The van der Waals surface area contributed by atoms with Gasteiger partial charge in [0.2, 0.25) is 6.10 Å². The third kappa shape index (κ3) is 4.08. The lowest BCUT2D eigenvalue weighted by Gasteiger charge is -2.18. The molecular formula is C18H15Cl2NO3. The molecule has 124 valence electrons. The van der Waals surface area contributed by atoms with Crippen LogP contribution in [0.15, 0.2) is 48.5 Å². The van der Waals surface area contributed by atoms with Gasteiger partial charge in [-0.05, 0) is 31.0 Å². The number of nitrogens with one attached hydrogen (secondary N) is 1. The first kappa shape index (κ1) is 16.8. The minimum absolute atomic E-state index is 0.174. The molecule has 1 fully saturated rings. The van der Waals surface area contributed by atoms with E-state index in [-0.39, 0.29) is 22.5 Å². The fraction of sp³-hybridized carbons (Fsp3) is 0.222. The largest absolute Gasteiger partial charge is 0.444 e. The molecule has 1 aliphatic carbocycles. The van der Waals surface area contributed by atoms with Gasteiger partial charge in [0.1, 0.15) is 0 Å². The average molecular weight is 364 g/mol. The summed E-state index contributed by atoms with van der Waals surface area (Å²) in [6.07, 6.45) is 0.899. The van der Waals surface area contributed by atoms with Crippen molar-refractivity contribution in [2.24, 2.45) is 0 Å². The first-order chi connectivity index (χ1) is 11.5. The summed E-state index contributed by atoms with van der Waals surface area (Å²) in [6, 6.07) is 13.5. The van der Waals surface area contributed by atoms with Crippen LogP contribution in [0.25, 0.3) is 0 Å². The van der Waals surface area contributed by atoms with Crippen molar-refractivity contribution in [1.82, 2.24) is 5.32 Å². The number of benzene rings is 2. The Bertz CT molecular complexity index is 760. The highest BCUT2D eigenvalue weighted by molar-refractivity contribution is 6.42. The molecule has 2 aromatic rings. The van der Waals surface area contributed by atoms with Crippen molar-refractivity contribution in [3.63, 3.8) is 0 Å². The Morgan fingerprint density at radius 3 is 2.38 bits per heavy atom. The number of hydrogen-bond acceptors (Lipinski definition) is 3. The normalized spacial score (nSPS) is 14.8. The highest BCUT2D eigenvalue weighted by Crippen LogP contribution is 2.26. The molecular weight excluding hydrogens is 349 g/mol. The Kier molecular flexibility index (Phi) is 5.07. The van der Waals surface area contributed by atoms with Gasteiger partial charge in [0.05, 0.1) is 15.6 Å². The maximum absolute atomic E-state index is 12.4. The molecule has 1 amide bonds. The molecule has 1 aliphatic rings. The highest BCUT2D eigenvalue weighted by Gasteiger charge is 2.31. The molecule has 24 heavy (non-hydrogen) atoms. The Hall–Kier alpha value is -2.04. The highest BCUT2D eigenvalue weighted by atomic mass is 35.5. The van der Waals surface area contributed by atoms with Crippen LogP contribution in [-0.2, 0) is 9.53 Å². The lowest BCUT2D eigenvalue weighted by Crippen LogP contribution is -2.33. The third-order valence-electron chi connectivity index (χ3n) is 3.64.